The Balaban J connectivity index is 1.57. The first kappa shape index (κ1) is 23.4. The predicted octanol–water partition coefficient (Wildman–Crippen LogP) is 5.62. The average Bonchev–Trinajstić information content (AvgIpc) is 3.54. The van der Waals surface area contributed by atoms with Crippen LogP contribution in [0.4, 0.5) is 0 Å². The summed E-state index contributed by atoms with van der Waals surface area (Å²) < 4.78 is 5.74. The number of thiazole rings is 1. The maximum absolute atomic E-state index is 9.20. The maximum Gasteiger partial charge on any atom is 0.136 e. The molecule has 1 aliphatic carbocycles. The number of nitrogens with two attached hydrogens (primary N) is 1. The summed E-state index contributed by atoms with van der Waals surface area (Å²) in [6.07, 6.45) is 9.07. The summed E-state index contributed by atoms with van der Waals surface area (Å²) in [6, 6.07) is 9.55. The van der Waals surface area contributed by atoms with E-state index in [9.17, 15) is 5.26 Å². The first-order chi connectivity index (χ1) is 15.9. The number of ether oxygens (including phenoxy) is 1. The lowest BCUT2D eigenvalue weighted by Crippen LogP contribution is -2.29. The molecule has 0 saturated carbocycles. The molecule has 172 valence electrons. The van der Waals surface area contributed by atoms with Crippen LogP contribution in [0.2, 0.25) is 0 Å². The van der Waals surface area contributed by atoms with Gasteiger partial charge in [0.1, 0.15) is 16.8 Å². The summed E-state index contributed by atoms with van der Waals surface area (Å²) in [6.45, 7) is 11.8. The minimum atomic E-state index is -0.0261. The zero-order valence-corrected chi connectivity index (χ0v) is 20.5. The van der Waals surface area contributed by atoms with Crippen molar-refractivity contribution in [3.8, 4) is 16.5 Å². The van der Waals surface area contributed by atoms with Crippen molar-refractivity contribution in [3.05, 3.63) is 70.6 Å². The van der Waals surface area contributed by atoms with Gasteiger partial charge in [-0.25, -0.2) is 4.98 Å². The van der Waals surface area contributed by atoms with Gasteiger partial charge in [-0.1, -0.05) is 30.9 Å². The molecule has 0 amide bonds. The second-order valence-corrected chi connectivity index (χ2v) is 10.2. The quantitative estimate of drug-likeness (QED) is 0.330. The number of rotatable bonds is 7. The van der Waals surface area contributed by atoms with Gasteiger partial charge in [0.2, 0.25) is 0 Å². The minimum absolute atomic E-state index is 0.0261. The first-order valence-electron chi connectivity index (χ1n) is 11.6. The molecule has 4 rings (SSSR count). The van der Waals surface area contributed by atoms with E-state index in [1.165, 1.54) is 21.6 Å². The summed E-state index contributed by atoms with van der Waals surface area (Å²) in [5, 5.41) is 10.2. The monoisotopic (exact) mass is 460 g/mol. The van der Waals surface area contributed by atoms with Gasteiger partial charge in [0.15, 0.2) is 0 Å². The lowest BCUT2D eigenvalue weighted by Gasteiger charge is -2.24. The topological polar surface area (TPSA) is 75.2 Å². The van der Waals surface area contributed by atoms with E-state index in [2.05, 4.69) is 35.7 Å². The SMILES string of the molecule is C=C(C#N)/C(=C\C=C(/C)c1ncc(-c2cccc3c2CCC3N2CCC(N)C2)s1)OC(C)C. The van der Waals surface area contributed by atoms with Crippen molar-refractivity contribution in [1.82, 2.24) is 9.88 Å². The van der Waals surface area contributed by atoms with E-state index in [-0.39, 0.29) is 6.10 Å². The summed E-state index contributed by atoms with van der Waals surface area (Å²) >= 11 is 1.70. The Kier molecular flexibility index (Phi) is 7.14. The number of nitriles is 1. The van der Waals surface area contributed by atoms with Gasteiger partial charge in [-0.2, -0.15) is 5.26 Å². The van der Waals surface area contributed by atoms with E-state index in [0.717, 1.165) is 42.9 Å². The van der Waals surface area contributed by atoms with E-state index >= 15 is 0 Å². The van der Waals surface area contributed by atoms with Crippen molar-refractivity contribution in [2.75, 3.05) is 13.1 Å². The van der Waals surface area contributed by atoms with Gasteiger partial charge in [-0.3, -0.25) is 4.90 Å². The average molecular weight is 461 g/mol. The molecule has 5 nitrogen and oxygen atoms in total. The zero-order valence-electron chi connectivity index (χ0n) is 19.7. The van der Waals surface area contributed by atoms with E-state index < -0.39 is 0 Å². The van der Waals surface area contributed by atoms with Crippen LogP contribution in [0.3, 0.4) is 0 Å². The standard InChI is InChI=1S/C27H32N4OS/c1-17(2)32-25(19(4)14-28)11-8-18(3)27-30-15-26(33-27)23-7-5-6-22-21(23)9-10-24(22)31-13-12-20(29)16-31/h5-8,11,15,17,20,24H,4,9-10,12-13,16,29H2,1-3H3/b18-8+,25-11+. The highest BCUT2D eigenvalue weighted by Crippen LogP contribution is 2.43. The smallest absolute Gasteiger partial charge is 0.136 e. The summed E-state index contributed by atoms with van der Waals surface area (Å²) in [5.74, 6) is 0.497. The predicted molar refractivity (Wildman–Crippen MR) is 135 cm³/mol. The molecule has 2 aromatic rings. The highest BCUT2D eigenvalue weighted by molar-refractivity contribution is 7.16. The van der Waals surface area contributed by atoms with Crippen molar-refractivity contribution < 1.29 is 4.74 Å². The van der Waals surface area contributed by atoms with Crippen LogP contribution in [-0.2, 0) is 11.2 Å². The fourth-order valence-corrected chi connectivity index (χ4v) is 5.66. The van der Waals surface area contributed by atoms with Gasteiger partial charge in [-0.15, -0.1) is 11.3 Å². The third-order valence-corrected chi connectivity index (χ3v) is 7.49. The van der Waals surface area contributed by atoms with E-state index in [1.807, 2.05) is 39.1 Å². The Bertz CT molecular complexity index is 1140. The molecule has 1 aromatic carbocycles. The lowest BCUT2D eigenvalue weighted by atomic mass is 10.0. The molecule has 1 aromatic heterocycles. The van der Waals surface area contributed by atoms with Gasteiger partial charge < -0.3 is 10.5 Å². The van der Waals surface area contributed by atoms with Crippen molar-refractivity contribution in [1.29, 1.82) is 5.26 Å². The van der Waals surface area contributed by atoms with Crippen LogP contribution in [0.5, 0.6) is 0 Å². The number of benzene rings is 1. The Hall–Kier alpha value is -2.72. The van der Waals surface area contributed by atoms with Gasteiger partial charge in [0.05, 0.1) is 16.6 Å². The molecule has 2 atom stereocenters. The minimum Gasteiger partial charge on any atom is -0.490 e. The lowest BCUT2D eigenvalue weighted by molar-refractivity contribution is 0.156. The van der Waals surface area contributed by atoms with Gasteiger partial charge >= 0.3 is 0 Å². The highest BCUT2D eigenvalue weighted by Gasteiger charge is 2.33. The largest absolute Gasteiger partial charge is 0.490 e. The number of hydrogen-bond donors (Lipinski definition) is 1. The van der Waals surface area contributed by atoms with Crippen molar-refractivity contribution in [2.45, 2.75) is 58.2 Å². The molecule has 33 heavy (non-hydrogen) atoms. The maximum atomic E-state index is 9.20. The van der Waals surface area contributed by atoms with Crippen molar-refractivity contribution >= 4 is 16.9 Å². The molecule has 6 heteroatoms. The third-order valence-electron chi connectivity index (χ3n) is 6.32. The molecule has 1 aliphatic heterocycles. The normalized spacial score (nSPS) is 21.3. The molecule has 0 spiro atoms. The molecular weight excluding hydrogens is 428 g/mol. The number of nitrogens with zero attached hydrogens (tertiary/aromatic N) is 3. The molecule has 1 fully saturated rings. The molecule has 2 heterocycles. The van der Waals surface area contributed by atoms with E-state index in [4.69, 9.17) is 15.5 Å². The van der Waals surface area contributed by atoms with Gasteiger partial charge in [-0.05, 0) is 68.4 Å². The van der Waals surface area contributed by atoms with Crippen LogP contribution in [0.15, 0.2) is 54.5 Å². The van der Waals surface area contributed by atoms with Gasteiger partial charge in [0.25, 0.3) is 0 Å². The Morgan fingerprint density at radius 2 is 2.18 bits per heavy atom. The van der Waals surface area contributed by atoms with Crippen LogP contribution in [0.25, 0.3) is 16.0 Å². The van der Waals surface area contributed by atoms with Crippen molar-refractivity contribution in [2.24, 2.45) is 5.73 Å². The van der Waals surface area contributed by atoms with Crippen LogP contribution in [0, 0.1) is 11.3 Å². The molecule has 0 bridgehead atoms. The molecule has 2 N–H and O–H groups in total. The Morgan fingerprint density at radius 3 is 2.88 bits per heavy atom. The van der Waals surface area contributed by atoms with Crippen LogP contribution < -0.4 is 5.73 Å². The number of hydrogen-bond acceptors (Lipinski definition) is 6. The number of fused-ring (bicyclic) bond motifs is 1. The Morgan fingerprint density at radius 1 is 1.36 bits per heavy atom. The molecule has 0 radical (unpaired) electrons. The summed E-state index contributed by atoms with van der Waals surface area (Å²) in [7, 11) is 0. The number of aromatic nitrogens is 1. The fourth-order valence-electron chi connectivity index (χ4n) is 4.71. The van der Waals surface area contributed by atoms with Crippen molar-refractivity contribution in [3.63, 3.8) is 0 Å². The number of likely N-dealkylation sites (tertiary alicyclic amines) is 1. The molecule has 2 unspecified atom stereocenters. The van der Waals surface area contributed by atoms with Crippen LogP contribution in [0.1, 0.15) is 55.8 Å². The van der Waals surface area contributed by atoms with Crippen LogP contribution >= 0.6 is 11.3 Å². The second kappa shape index (κ2) is 10.0. The van der Waals surface area contributed by atoms with E-state index in [1.54, 1.807) is 11.3 Å². The summed E-state index contributed by atoms with van der Waals surface area (Å²) in [4.78, 5) is 8.45. The Labute approximate surface area is 200 Å². The zero-order chi connectivity index (χ0) is 23.5. The first-order valence-corrected chi connectivity index (χ1v) is 12.4. The molecular formula is C27H32N4OS. The third kappa shape index (κ3) is 5.11. The second-order valence-electron chi connectivity index (χ2n) is 9.14. The van der Waals surface area contributed by atoms with E-state index in [0.29, 0.717) is 23.4 Å². The number of allylic oxidation sites excluding steroid dienone is 4. The van der Waals surface area contributed by atoms with Gasteiger partial charge in [0, 0.05) is 31.4 Å². The summed E-state index contributed by atoms with van der Waals surface area (Å²) in [5.41, 5.74) is 11.7. The highest BCUT2D eigenvalue weighted by atomic mass is 32.1. The molecule has 2 aliphatic rings. The van der Waals surface area contributed by atoms with Crippen LogP contribution in [-0.4, -0.2) is 35.1 Å². The molecule has 1 saturated heterocycles. The fraction of sp³-hybridized carbons (Fsp3) is 0.407.